The lowest BCUT2D eigenvalue weighted by atomic mass is 10.1. The van der Waals surface area contributed by atoms with Crippen LogP contribution in [0.3, 0.4) is 0 Å². The minimum atomic E-state index is -4.57. The standard InChI is InChI=1S/C17H25BrN4O8S2/c1-3-19-6-8-20(9-7-19)17(23)13-10-15(21(5-4-18)12-32(28,29)30)16(31(2,26)27)11-14(13)22(24)25/h10-11H,3-9,12H2,1-2H3,(H,28,29,30). The summed E-state index contributed by atoms with van der Waals surface area (Å²) in [5, 5.41) is 11.9. The van der Waals surface area contributed by atoms with Crippen LogP contribution in [-0.4, -0.2) is 98.7 Å². The maximum absolute atomic E-state index is 13.2. The summed E-state index contributed by atoms with van der Waals surface area (Å²) < 4.78 is 57.1. The van der Waals surface area contributed by atoms with Gasteiger partial charge in [0.05, 0.1) is 15.5 Å². The van der Waals surface area contributed by atoms with Gasteiger partial charge in [0, 0.05) is 50.4 Å². The number of nitro benzene ring substituents is 1. The average Bonchev–Trinajstić information content (AvgIpc) is 2.70. The predicted octanol–water partition coefficient (Wildman–Crippen LogP) is 0.823. The minimum absolute atomic E-state index is 0.0527. The summed E-state index contributed by atoms with van der Waals surface area (Å²) in [5.41, 5.74) is -1.26. The Labute approximate surface area is 195 Å². The molecule has 0 unspecified atom stereocenters. The first-order valence-electron chi connectivity index (χ1n) is 9.58. The molecule has 0 radical (unpaired) electrons. The number of sulfone groups is 1. The molecule has 0 aliphatic carbocycles. The summed E-state index contributed by atoms with van der Waals surface area (Å²) in [6.45, 7) is 4.57. The zero-order chi connectivity index (χ0) is 24.3. The fraction of sp³-hybridized carbons (Fsp3) is 0.588. The number of carbonyl (C=O) groups excluding carboxylic acids is 1. The van der Waals surface area contributed by atoms with E-state index in [0.717, 1.165) is 29.8 Å². The molecule has 1 aliphatic heterocycles. The van der Waals surface area contributed by atoms with Crippen molar-refractivity contribution in [2.75, 3.05) is 61.6 Å². The van der Waals surface area contributed by atoms with Crippen molar-refractivity contribution >= 4 is 53.2 Å². The van der Waals surface area contributed by atoms with Crippen molar-refractivity contribution in [1.29, 1.82) is 0 Å². The number of hydrogen-bond donors (Lipinski definition) is 1. The molecule has 0 bridgehead atoms. The highest BCUT2D eigenvalue weighted by Gasteiger charge is 2.32. The molecule has 0 spiro atoms. The molecule has 0 aromatic heterocycles. The minimum Gasteiger partial charge on any atom is -0.354 e. The number of rotatable bonds is 9. The number of carbonyl (C=O) groups is 1. The van der Waals surface area contributed by atoms with Gasteiger partial charge in [0.1, 0.15) is 11.4 Å². The summed E-state index contributed by atoms with van der Waals surface area (Å²) in [4.78, 5) is 28.1. The summed E-state index contributed by atoms with van der Waals surface area (Å²) in [7, 11) is -8.63. The van der Waals surface area contributed by atoms with Gasteiger partial charge in [-0.05, 0) is 12.6 Å². The van der Waals surface area contributed by atoms with Crippen molar-refractivity contribution in [2.24, 2.45) is 0 Å². The van der Waals surface area contributed by atoms with E-state index in [0.29, 0.717) is 26.2 Å². The summed E-state index contributed by atoms with van der Waals surface area (Å²) in [5.74, 6) is -1.61. The second kappa shape index (κ2) is 10.4. The molecule has 1 amide bonds. The van der Waals surface area contributed by atoms with E-state index < -0.39 is 47.2 Å². The Morgan fingerprint density at radius 3 is 2.25 bits per heavy atom. The molecule has 1 fully saturated rings. The molecule has 12 nitrogen and oxygen atoms in total. The Kier molecular flexibility index (Phi) is 8.61. The fourth-order valence-electron chi connectivity index (χ4n) is 3.42. The molecule has 32 heavy (non-hydrogen) atoms. The van der Waals surface area contributed by atoms with Gasteiger partial charge in [-0.2, -0.15) is 8.42 Å². The van der Waals surface area contributed by atoms with Crippen LogP contribution >= 0.6 is 15.9 Å². The quantitative estimate of drug-likeness (QED) is 0.199. The molecular weight excluding hydrogens is 532 g/mol. The molecule has 1 saturated heterocycles. The molecule has 1 heterocycles. The van der Waals surface area contributed by atoms with Crippen LogP contribution in [-0.2, 0) is 20.0 Å². The van der Waals surface area contributed by atoms with Gasteiger partial charge in [-0.25, -0.2) is 8.42 Å². The number of amides is 1. The van der Waals surface area contributed by atoms with E-state index in [-0.39, 0.29) is 23.1 Å². The van der Waals surface area contributed by atoms with Gasteiger partial charge >= 0.3 is 0 Å². The van der Waals surface area contributed by atoms with Gasteiger partial charge < -0.3 is 14.7 Å². The van der Waals surface area contributed by atoms with Crippen molar-refractivity contribution in [3.63, 3.8) is 0 Å². The Morgan fingerprint density at radius 2 is 1.81 bits per heavy atom. The van der Waals surface area contributed by atoms with E-state index in [1.54, 1.807) is 0 Å². The van der Waals surface area contributed by atoms with E-state index in [4.69, 9.17) is 0 Å². The van der Waals surface area contributed by atoms with Crippen LogP contribution in [0.15, 0.2) is 17.0 Å². The van der Waals surface area contributed by atoms with Crippen LogP contribution in [0.2, 0.25) is 0 Å². The van der Waals surface area contributed by atoms with E-state index in [1.807, 2.05) is 6.92 Å². The fourth-order valence-corrected chi connectivity index (χ4v) is 5.40. The van der Waals surface area contributed by atoms with Gasteiger partial charge in [-0.15, -0.1) is 0 Å². The smallest absolute Gasteiger partial charge is 0.283 e. The molecule has 1 N–H and O–H groups in total. The molecule has 0 atom stereocenters. The first-order valence-corrected chi connectivity index (χ1v) is 14.2. The monoisotopic (exact) mass is 556 g/mol. The van der Waals surface area contributed by atoms with E-state index in [2.05, 4.69) is 20.8 Å². The van der Waals surface area contributed by atoms with Gasteiger partial charge in [-0.3, -0.25) is 19.5 Å². The Morgan fingerprint density at radius 1 is 1.22 bits per heavy atom. The van der Waals surface area contributed by atoms with Crippen molar-refractivity contribution in [2.45, 2.75) is 11.8 Å². The molecule has 180 valence electrons. The van der Waals surface area contributed by atoms with Gasteiger partial charge in [0.25, 0.3) is 21.7 Å². The number of nitro groups is 1. The first kappa shape index (κ1) is 26.4. The number of likely N-dealkylation sites (N-methyl/N-ethyl adjacent to an activating group) is 1. The zero-order valence-electron chi connectivity index (χ0n) is 17.6. The van der Waals surface area contributed by atoms with Crippen LogP contribution < -0.4 is 4.90 Å². The topological polar surface area (TPSA) is 158 Å². The number of anilines is 1. The highest BCUT2D eigenvalue weighted by atomic mass is 79.9. The van der Waals surface area contributed by atoms with Crippen molar-refractivity contribution in [1.82, 2.24) is 9.80 Å². The second-order valence-corrected chi connectivity index (χ2v) is 11.5. The molecule has 0 saturated carbocycles. The number of alkyl halides is 1. The SMILES string of the molecule is CCN1CCN(C(=O)c2cc(N(CCBr)CS(=O)(=O)O)c(S(C)(=O)=O)cc2[N+](=O)[O-])CC1. The van der Waals surface area contributed by atoms with Crippen molar-refractivity contribution in [3.05, 3.63) is 27.8 Å². The van der Waals surface area contributed by atoms with E-state index in [1.165, 1.54) is 4.90 Å². The number of halogens is 1. The third-order valence-corrected chi connectivity index (χ3v) is 7.14. The highest BCUT2D eigenvalue weighted by molar-refractivity contribution is 9.09. The second-order valence-electron chi connectivity index (χ2n) is 7.26. The Hall–Kier alpha value is -1.81. The molecule has 1 aromatic carbocycles. The predicted molar refractivity (Wildman–Crippen MR) is 122 cm³/mol. The summed E-state index contributed by atoms with van der Waals surface area (Å²) in [6, 6.07) is 1.79. The van der Waals surface area contributed by atoms with Crippen LogP contribution in [0.5, 0.6) is 0 Å². The van der Waals surface area contributed by atoms with Gasteiger partial charge in [-0.1, -0.05) is 22.9 Å². The van der Waals surface area contributed by atoms with Crippen LogP contribution in [0.4, 0.5) is 11.4 Å². The molecular formula is C17H25BrN4O8S2. The third kappa shape index (κ3) is 6.60. The number of nitrogens with zero attached hydrogens (tertiary/aromatic N) is 4. The van der Waals surface area contributed by atoms with Gasteiger partial charge in [0.15, 0.2) is 9.84 Å². The third-order valence-electron chi connectivity index (χ3n) is 5.02. The van der Waals surface area contributed by atoms with E-state index >= 15 is 0 Å². The summed E-state index contributed by atoms with van der Waals surface area (Å²) in [6.07, 6.45) is 0.820. The largest absolute Gasteiger partial charge is 0.354 e. The lowest BCUT2D eigenvalue weighted by molar-refractivity contribution is -0.385. The highest BCUT2D eigenvalue weighted by Crippen LogP contribution is 2.34. The van der Waals surface area contributed by atoms with Crippen molar-refractivity contribution in [3.8, 4) is 0 Å². The molecule has 2 rings (SSSR count). The molecule has 1 aliphatic rings. The molecule has 1 aromatic rings. The average molecular weight is 557 g/mol. The number of hydrogen-bond acceptors (Lipinski definition) is 9. The van der Waals surface area contributed by atoms with Crippen molar-refractivity contribution < 1.29 is 31.1 Å². The maximum Gasteiger partial charge on any atom is 0.283 e. The summed E-state index contributed by atoms with van der Waals surface area (Å²) >= 11 is 3.13. The first-order chi connectivity index (χ1) is 14.8. The van der Waals surface area contributed by atoms with Gasteiger partial charge in [0.2, 0.25) is 0 Å². The zero-order valence-corrected chi connectivity index (χ0v) is 20.8. The lowest BCUT2D eigenvalue weighted by Gasteiger charge is -2.34. The van der Waals surface area contributed by atoms with E-state index in [9.17, 15) is 36.3 Å². The normalized spacial score (nSPS) is 15.6. The Balaban J connectivity index is 2.67. The van der Waals surface area contributed by atoms with Crippen LogP contribution in [0.1, 0.15) is 17.3 Å². The Bertz CT molecular complexity index is 1090. The number of benzene rings is 1. The lowest BCUT2D eigenvalue weighted by Crippen LogP contribution is -2.48. The number of piperazine rings is 1. The van der Waals surface area contributed by atoms with Crippen LogP contribution in [0, 0.1) is 10.1 Å². The maximum atomic E-state index is 13.2. The molecule has 15 heteroatoms. The van der Waals surface area contributed by atoms with Crippen LogP contribution in [0.25, 0.3) is 0 Å².